The minimum absolute atomic E-state index is 0.174. The number of benzene rings is 3. The van der Waals surface area contributed by atoms with Crippen LogP contribution in [0.15, 0.2) is 83.8 Å². The van der Waals surface area contributed by atoms with E-state index in [-0.39, 0.29) is 16.3 Å². The number of nitrogens with one attached hydrogen (secondary N) is 1. The van der Waals surface area contributed by atoms with Crippen LogP contribution in [0.2, 0.25) is 0 Å². The molecule has 1 atom stereocenters. The summed E-state index contributed by atoms with van der Waals surface area (Å²) >= 11 is 0. The molecule has 3 rings (SSSR count). The van der Waals surface area contributed by atoms with Crippen LogP contribution in [-0.4, -0.2) is 41.8 Å². The molecule has 3 aromatic carbocycles. The number of ether oxygens (including phenoxy) is 1. The van der Waals surface area contributed by atoms with E-state index < -0.39 is 38.4 Å². The Balaban J connectivity index is 1.79. The van der Waals surface area contributed by atoms with E-state index in [1.54, 1.807) is 67.6 Å². The van der Waals surface area contributed by atoms with Crippen LogP contribution in [0.1, 0.15) is 18.5 Å². The Bertz CT molecular complexity index is 1360. The van der Waals surface area contributed by atoms with E-state index in [9.17, 15) is 21.6 Å². The highest BCUT2D eigenvalue weighted by molar-refractivity contribution is 7.92. The van der Waals surface area contributed by atoms with Gasteiger partial charge in [-0.25, -0.2) is 16.8 Å². The van der Waals surface area contributed by atoms with Crippen LogP contribution in [0.3, 0.4) is 0 Å². The Morgan fingerprint density at radius 1 is 0.882 bits per heavy atom. The van der Waals surface area contributed by atoms with Crippen molar-refractivity contribution >= 4 is 31.5 Å². The van der Waals surface area contributed by atoms with E-state index in [1.807, 2.05) is 6.07 Å². The molecule has 0 unspecified atom stereocenters. The zero-order valence-corrected chi connectivity index (χ0v) is 20.6. The van der Waals surface area contributed by atoms with Gasteiger partial charge in [-0.1, -0.05) is 42.5 Å². The lowest BCUT2D eigenvalue weighted by Gasteiger charge is -2.25. The number of nitrogens with zero attached hydrogens (tertiary/aromatic N) is 1. The average molecular weight is 503 g/mol. The minimum Gasteiger partial charge on any atom is -0.455 e. The Morgan fingerprint density at radius 2 is 1.47 bits per heavy atom. The summed E-state index contributed by atoms with van der Waals surface area (Å²) in [6, 6.07) is 21.2. The van der Waals surface area contributed by atoms with Crippen LogP contribution in [0.25, 0.3) is 0 Å². The summed E-state index contributed by atoms with van der Waals surface area (Å²) in [5, 5.41) is 2.76. The number of hydrogen-bond acceptors (Lipinski definition) is 6. The summed E-state index contributed by atoms with van der Waals surface area (Å²) in [5.74, 6) is 0.287. The summed E-state index contributed by atoms with van der Waals surface area (Å²) in [6.45, 7) is 1.27. The lowest BCUT2D eigenvalue weighted by molar-refractivity contribution is -0.120. The molecule has 0 saturated carbocycles. The zero-order valence-electron chi connectivity index (χ0n) is 19.0. The van der Waals surface area contributed by atoms with Crippen molar-refractivity contribution in [1.82, 2.24) is 5.32 Å². The first-order valence-corrected chi connectivity index (χ1v) is 14.1. The topological polar surface area (TPSA) is 110 Å². The van der Waals surface area contributed by atoms with Gasteiger partial charge in [0.15, 0.2) is 15.6 Å². The molecule has 0 saturated heterocycles. The van der Waals surface area contributed by atoms with Gasteiger partial charge in [-0.2, -0.15) is 0 Å². The summed E-state index contributed by atoms with van der Waals surface area (Å²) < 4.78 is 55.3. The van der Waals surface area contributed by atoms with E-state index in [0.29, 0.717) is 11.3 Å². The number of sulfone groups is 1. The molecule has 0 fully saturated rings. The monoisotopic (exact) mass is 502 g/mol. The van der Waals surface area contributed by atoms with E-state index in [4.69, 9.17) is 4.74 Å². The van der Waals surface area contributed by atoms with Crippen molar-refractivity contribution < 1.29 is 26.4 Å². The van der Waals surface area contributed by atoms with Gasteiger partial charge in [0.25, 0.3) is 0 Å². The van der Waals surface area contributed by atoms with Gasteiger partial charge in [-0.05, 0) is 48.9 Å². The second-order valence-corrected chi connectivity index (χ2v) is 11.7. The van der Waals surface area contributed by atoms with Crippen LogP contribution < -0.4 is 14.4 Å². The standard InChI is InChI=1S/C24H26N2O6S2/c1-18(19-13-15-21(16-14-19)33(2,28)29)25-24(27)17-26(34(3,30)31)22-11-7-8-12-23(22)32-20-9-5-4-6-10-20/h4-16,18H,17H2,1-3H3,(H,25,27)/t18-/m1/s1. The van der Waals surface area contributed by atoms with Crippen molar-refractivity contribution in [1.29, 1.82) is 0 Å². The van der Waals surface area contributed by atoms with Gasteiger partial charge in [0.05, 0.1) is 22.9 Å². The Hall–Kier alpha value is -3.37. The van der Waals surface area contributed by atoms with Gasteiger partial charge in [-0.3, -0.25) is 9.10 Å². The normalized spacial score (nSPS) is 12.6. The molecule has 34 heavy (non-hydrogen) atoms. The number of carbonyl (C=O) groups excluding carboxylic acids is 1. The Labute approximate surface area is 200 Å². The zero-order chi connectivity index (χ0) is 24.9. The smallest absolute Gasteiger partial charge is 0.241 e. The third-order valence-electron chi connectivity index (χ3n) is 4.98. The number of rotatable bonds is 9. The first-order valence-electron chi connectivity index (χ1n) is 10.3. The first kappa shape index (κ1) is 25.3. The van der Waals surface area contributed by atoms with E-state index in [1.165, 1.54) is 12.1 Å². The number of sulfonamides is 1. The number of anilines is 1. The fraction of sp³-hybridized carbons (Fsp3) is 0.208. The predicted molar refractivity (Wildman–Crippen MR) is 131 cm³/mol. The quantitative estimate of drug-likeness (QED) is 0.479. The third kappa shape index (κ3) is 6.58. The molecule has 0 aliphatic carbocycles. The summed E-state index contributed by atoms with van der Waals surface area (Å²) in [4.78, 5) is 13.0. The molecule has 0 aliphatic heterocycles. The molecular weight excluding hydrogens is 476 g/mol. The number of para-hydroxylation sites is 3. The lowest BCUT2D eigenvalue weighted by Crippen LogP contribution is -2.41. The van der Waals surface area contributed by atoms with Gasteiger partial charge in [0.1, 0.15) is 12.3 Å². The van der Waals surface area contributed by atoms with Crippen LogP contribution in [-0.2, 0) is 24.7 Å². The van der Waals surface area contributed by atoms with Gasteiger partial charge in [-0.15, -0.1) is 0 Å². The summed E-state index contributed by atoms with van der Waals surface area (Å²) in [7, 11) is -7.16. The lowest BCUT2D eigenvalue weighted by atomic mass is 10.1. The second kappa shape index (κ2) is 10.3. The van der Waals surface area contributed by atoms with Gasteiger partial charge >= 0.3 is 0 Å². The largest absolute Gasteiger partial charge is 0.455 e. The highest BCUT2D eigenvalue weighted by Crippen LogP contribution is 2.33. The fourth-order valence-electron chi connectivity index (χ4n) is 3.25. The molecule has 0 spiro atoms. The van der Waals surface area contributed by atoms with Crippen LogP contribution in [0.4, 0.5) is 5.69 Å². The maximum atomic E-state index is 12.8. The molecule has 1 amide bonds. The van der Waals surface area contributed by atoms with Crippen molar-refractivity contribution in [3.8, 4) is 11.5 Å². The van der Waals surface area contributed by atoms with E-state index in [0.717, 1.165) is 16.8 Å². The summed E-state index contributed by atoms with van der Waals surface area (Å²) in [6.07, 6.45) is 2.14. The second-order valence-electron chi connectivity index (χ2n) is 7.78. The van der Waals surface area contributed by atoms with Gasteiger partial charge in [0, 0.05) is 6.26 Å². The van der Waals surface area contributed by atoms with Crippen LogP contribution >= 0.6 is 0 Å². The predicted octanol–water partition coefficient (Wildman–Crippen LogP) is 3.53. The molecular formula is C24H26N2O6S2. The maximum absolute atomic E-state index is 12.8. The van der Waals surface area contributed by atoms with Crippen molar-refractivity contribution in [2.75, 3.05) is 23.4 Å². The molecule has 0 aromatic heterocycles. The molecule has 0 bridgehead atoms. The highest BCUT2D eigenvalue weighted by atomic mass is 32.2. The van der Waals surface area contributed by atoms with Crippen molar-refractivity contribution in [3.05, 3.63) is 84.4 Å². The molecule has 3 aromatic rings. The molecule has 180 valence electrons. The maximum Gasteiger partial charge on any atom is 0.241 e. The number of carbonyl (C=O) groups is 1. The molecule has 8 nitrogen and oxygen atoms in total. The molecule has 0 heterocycles. The van der Waals surface area contributed by atoms with Crippen LogP contribution in [0.5, 0.6) is 11.5 Å². The molecule has 0 radical (unpaired) electrons. The molecule has 1 N–H and O–H groups in total. The third-order valence-corrected chi connectivity index (χ3v) is 7.23. The van der Waals surface area contributed by atoms with E-state index >= 15 is 0 Å². The molecule has 0 aliphatic rings. The fourth-order valence-corrected chi connectivity index (χ4v) is 4.74. The Morgan fingerprint density at radius 3 is 2.06 bits per heavy atom. The van der Waals surface area contributed by atoms with E-state index in [2.05, 4.69) is 5.32 Å². The van der Waals surface area contributed by atoms with Gasteiger partial charge in [0.2, 0.25) is 15.9 Å². The minimum atomic E-state index is -3.82. The Kier molecular flexibility index (Phi) is 7.63. The summed E-state index contributed by atoms with van der Waals surface area (Å²) in [5.41, 5.74) is 0.911. The van der Waals surface area contributed by atoms with Crippen molar-refractivity contribution in [3.63, 3.8) is 0 Å². The van der Waals surface area contributed by atoms with Crippen molar-refractivity contribution in [2.45, 2.75) is 17.9 Å². The highest BCUT2D eigenvalue weighted by Gasteiger charge is 2.25. The first-order chi connectivity index (χ1) is 15.9. The SMILES string of the molecule is C[C@@H](NC(=O)CN(c1ccccc1Oc1ccccc1)S(C)(=O)=O)c1ccc(S(C)(=O)=O)cc1. The average Bonchev–Trinajstić information content (AvgIpc) is 2.77. The van der Waals surface area contributed by atoms with Crippen LogP contribution in [0, 0.1) is 0 Å². The van der Waals surface area contributed by atoms with Gasteiger partial charge < -0.3 is 10.1 Å². The number of hydrogen-bond donors (Lipinski definition) is 1. The number of amides is 1. The molecule has 10 heteroatoms. The van der Waals surface area contributed by atoms with Crippen molar-refractivity contribution in [2.24, 2.45) is 0 Å².